The van der Waals surface area contributed by atoms with Gasteiger partial charge in [-0.3, -0.25) is 0 Å². The van der Waals surface area contributed by atoms with Crippen LogP contribution in [0.25, 0.3) is 5.69 Å². The molecule has 2 aromatic rings. The number of benzene rings is 1. The van der Waals surface area contributed by atoms with Crippen LogP contribution in [0.1, 0.15) is 10.4 Å². The summed E-state index contributed by atoms with van der Waals surface area (Å²) in [5.41, 5.74) is 0.968. The van der Waals surface area contributed by atoms with E-state index in [2.05, 4.69) is 21.0 Å². The van der Waals surface area contributed by atoms with Crippen LogP contribution in [0.3, 0.4) is 0 Å². The van der Waals surface area contributed by atoms with Crippen LogP contribution < -0.4 is 0 Å². The summed E-state index contributed by atoms with van der Waals surface area (Å²) >= 11 is 3.21. The zero-order chi connectivity index (χ0) is 10.8. The van der Waals surface area contributed by atoms with Crippen molar-refractivity contribution < 1.29 is 9.90 Å². The number of aromatic carboxylic acids is 1. The number of nitrogens with zero attached hydrogens (tertiary/aromatic N) is 2. The van der Waals surface area contributed by atoms with Crippen molar-refractivity contribution in [3.63, 3.8) is 0 Å². The van der Waals surface area contributed by atoms with E-state index in [0.717, 1.165) is 5.69 Å². The van der Waals surface area contributed by atoms with Gasteiger partial charge in [0, 0.05) is 0 Å². The highest BCUT2D eigenvalue weighted by Crippen LogP contribution is 2.20. The lowest BCUT2D eigenvalue weighted by atomic mass is 10.3. The molecule has 0 saturated heterocycles. The monoisotopic (exact) mass is 266 g/mol. The van der Waals surface area contributed by atoms with Crippen LogP contribution in [-0.4, -0.2) is 20.9 Å². The van der Waals surface area contributed by atoms with Crippen LogP contribution in [0.5, 0.6) is 0 Å². The Morgan fingerprint density at radius 3 is 2.53 bits per heavy atom. The van der Waals surface area contributed by atoms with Crippen molar-refractivity contribution in [2.75, 3.05) is 0 Å². The Morgan fingerprint density at radius 2 is 2.00 bits per heavy atom. The van der Waals surface area contributed by atoms with Crippen molar-refractivity contribution in [2.24, 2.45) is 0 Å². The van der Waals surface area contributed by atoms with Crippen molar-refractivity contribution in [3.05, 3.63) is 46.7 Å². The molecule has 0 aliphatic rings. The van der Waals surface area contributed by atoms with Crippen LogP contribution in [-0.2, 0) is 0 Å². The van der Waals surface area contributed by atoms with Crippen LogP contribution in [0, 0.1) is 0 Å². The standard InChI is InChI=1S/C10H7BrN2O2/c11-9-8(10(14)15)6-12-13(9)7-4-2-1-3-5-7/h1-6H,(H,14,15). The van der Waals surface area contributed by atoms with Crippen LogP contribution >= 0.6 is 15.9 Å². The Balaban J connectivity index is 2.52. The number of carboxylic acid groups (broad SMARTS) is 1. The van der Waals surface area contributed by atoms with Gasteiger partial charge in [-0.25, -0.2) is 9.48 Å². The smallest absolute Gasteiger partial charge is 0.340 e. The van der Waals surface area contributed by atoms with Gasteiger partial charge in [0.25, 0.3) is 0 Å². The highest BCUT2D eigenvalue weighted by Gasteiger charge is 2.14. The molecule has 1 heterocycles. The molecule has 0 aliphatic carbocycles. The molecular formula is C10H7BrN2O2. The molecule has 1 N–H and O–H groups in total. The summed E-state index contributed by atoms with van der Waals surface area (Å²) in [4.78, 5) is 10.8. The molecule has 0 radical (unpaired) electrons. The number of aromatic nitrogens is 2. The third-order valence-electron chi connectivity index (χ3n) is 1.94. The van der Waals surface area contributed by atoms with Gasteiger partial charge in [0.2, 0.25) is 0 Å². The van der Waals surface area contributed by atoms with Gasteiger partial charge in [-0.05, 0) is 28.1 Å². The summed E-state index contributed by atoms with van der Waals surface area (Å²) in [5, 5.41) is 12.8. The summed E-state index contributed by atoms with van der Waals surface area (Å²) in [6.45, 7) is 0. The predicted molar refractivity (Wildman–Crippen MR) is 58.2 cm³/mol. The Kier molecular flexibility index (Phi) is 2.55. The largest absolute Gasteiger partial charge is 0.478 e. The number of rotatable bonds is 2. The molecule has 1 aromatic carbocycles. The van der Waals surface area contributed by atoms with Crippen molar-refractivity contribution in [3.8, 4) is 5.69 Å². The van der Waals surface area contributed by atoms with Crippen LogP contribution in [0.4, 0.5) is 0 Å². The SMILES string of the molecule is O=C(O)c1cnn(-c2ccccc2)c1Br. The number of hydrogen-bond donors (Lipinski definition) is 1. The summed E-state index contributed by atoms with van der Waals surface area (Å²) in [7, 11) is 0. The fourth-order valence-corrected chi connectivity index (χ4v) is 1.79. The second-order valence-corrected chi connectivity index (χ2v) is 3.65. The van der Waals surface area contributed by atoms with Gasteiger partial charge >= 0.3 is 5.97 Å². The summed E-state index contributed by atoms with van der Waals surface area (Å²) in [6, 6.07) is 9.32. The number of carboxylic acids is 1. The van der Waals surface area contributed by atoms with Gasteiger partial charge in [0.15, 0.2) is 0 Å². The highest BCUT2D eigenvalue weighted by molar-refractivity contribution is 9.10. The first kappa shape index (κ1) is 9.92. The van der Waals surface area contributed by atoms with Crippen LogP contribution in [0.15, 0.2) is 41.1 Å². The first-order valence-electron chi connectivity index (χ1n) is 4.22. The van der Waals surface area contributed by atoms with Gasteiger partial charge in [-0.2, -0.15) is 5.10 Å². The van der Waals surface area contributed by atoms with Crippen molar-refractivity contribution in [1.82, 2.24) is 9.78 Å². The normalized spacial score (nSPS) is 10.2. The molecule has 0 bridgehead atoms. The first-order valence-corrected chi connectivity index (χ1v) is 5.01. The molecule has 0 aliphatic heterocycles. The van der Waals surface area contributed by atoms with Gasteiger partial charge in [0.05, 0.1) is 11.9 Å². The zero-order valence-electron chi connectivity index (χ0n) is 7.59. The minimum Gasteiger partial charge on any atom is -0.478 e. The predicted octanol–water partition coefficient (Wildman–Crippen LogP) is 2.33. The van der Waals surface area contributed by atoms with E-state index in [1.807, 2.05) is 30.3 Å². The van der Waals surface area contributed by atoms with Crippen molar-refractivity contribution >= 4 is 21.9 Å². The van der Waals surface area contributed by atoms with E-state index in [4.69, 9.17) is 5.11 Å². The van der Waals surface area contributed by atoms with E-state index >= 15 is 0 Å². The molecule has 1 aromatic heterocycles. The van der Waals surface area contributed by atoms with Gasteiger partial charge in [0.1, 0.15) is 10.2 Å². The Morgan fingerprint density at radius 1 is 1.33 bits per heavy atom. The molecule has 4 nitrogen and oxygen atoms in total. The molecule has 0 amide bonds. The van der Waals surface area contributed by atoms with Gasteiger partial charge < -0.3 is 5.11 Å². The molecule has 0 saturated carbocycles. The Hall–Kier alpha value is -1.62. The summed E-state index contributed by atoms with van der Waals surface area (Å²) < 4.78 is 1.98. The summed E-state index contributed by atoms with van der Waals surface area (Å²) in [6.07, 6.45) is 1.32. The Bertz CT molecular complexity index is 493. The number of para-hydroxylation sites is 1. The first-order chi connectivity index (χ1) is 7.20. The molecular weight excluding hydrogens is 260 g/mol. The lowest BCUT2D eigenvalue weighted by Gasteiger charge is -2.01. The lowest BCUT2D eigenvalue weighted by Crippen LogP contribution is -1.99. The van der Waals surface area contributed by atoms with Crippen LogP contribution in [0.2, 0.25) is 0 Å². The van der Waals surface area contributed by atoms with E-state index in [-0.39, 0.29) is 5.56 Å². The topological polar surface area (TPSA) is 55.1 Å². The molecule has 0 unspecified atom stereocenters. The number of halogens is 1. The molecule has 2 rings (SSSR count). The van der Waals surface area contributed by atoms with Gasteiger partial charge in [-0.15, -0.1) is 0 Å². The maximum Gasteiger partial charge on any atom is 0.340 e. The molecule has 15 heavy (non-hydrogen) atoms. The molecule has 0 atom stereocenters. The second-order valence-electron chi connectivity index (χ2n) is 2.90. The fourth-order valence-electron chi connectivity index (χ4n) is 1.23. The lowest BCUT2D eigenvalue weighted by molar-refractivity contribution is 0.0696. The maximum absolute atomic E-state index is 10.8. The van der Waals surface area contributed by atoms with Crippen molar-refractivity contribution in [2.45, 2.75) is 0 Å². The minimum absolute atomic E-state index is 0.152. The molecule has 0 spiro atoms. The quantitative estimate of drug-likeness (QED) is 0.908. The summed E-state index contributed by atoms with van der Waals surface area (Å²) in [5.74, 6) is -0.996. The molecule has 5 heteroatoms. The van der Waals surface area contributed by atoms with Crippen molar-refractivity contribution in [1.29, 1.82) is 0 Å². The third-order valence-corrected chi connectivity index (χ3v) is 2.70. The average Bonchev–Trinajstić information content (AvgIpc) is 2.61. The van der Waals surface area contributed by atoms with E-state index < -0.39 is 5.97 Å². The van der Waals surface area contributed by atoms with E-state index in [1.165, 1.54) is 10.9 Å². The molecule has 0 fully saturated rings. The zero-order valence-corrected chi connectivity index (χ0v) is 9.18. The van der Waals surface area contributed by atoms with E-state index in [1.54, 1.807) is 0 Å². The van der Waals surface area contributed by atoms with E-state index in [0.29, 0.717) is 4.60 Å². The third kappa shape index (κ3) is 1.78. The van der Waals surface area contributed by atoms with E-state index in [9.17, 15) is 4.79 Å². The average molecular weight is 267 g/mol. The second kappa shape index (κ2) is 3.86. The molecule has 76 valence electrons. The number of carbonyl (C=O) groups is 1. The Labute approximate surface area is 94.3 Å². The minimum atomic E-state index is -0.996. The fraction of sp³-hybridized carbons (Fsp3) is 0. The number of hydrogen-bond acceptors (Lipinski definition) is 2. The maximum atomic E-state index is 10.8. The highest BCUT2D eigenvalue weighted by atomic mass is 79.9. The van der Waals surface area contributed by atoms with Gasteiger partial charge in [-0.1, -0.05) is 18.2 Å².